The summed E-state index contributed by atoms with van der Waals surface area (Å²) in [7, 11) is 0. The monoisotopic (exact) mass is 727 g/mol. The van der Waals surface area contributed by atoms with Gasteiger partial charge >= 0.3 is 5.69 Å². The van der Waals surface area contributed by atoms with Crippen LogP contribution in [0.1, 0.15) is 47.8 Å². The molecule has 2 heterocycles. The Morgan fingerprint density at radius 3 is 1.80 bits per heavy atom. The fourth-order valence-corrected chi connectivity index (χ4v) is 7.50. The van der Waals surface area contributed by atoms with Gasteiger partial charge in [0.15, 0.2) is 5.82 Å². The maximum absolute atomic E-state index is 13.8. The van der Waals surface area contributed by atoms with Gasteiger partial charge in [0.05, 0.1) is 17.3 Å². The van der Waals surface area contributed by atoms with Gasteiger partial charge in [0.1, 0.15) is 11.4 Å². The van der Waals surface area contributed by atoms with Gasteiger partial charge in [-0.2, -0.15) is 4.68 Å². The molecule has 2 aromatic heterocycles. The molecule has 8 rings (SSSR count). The van der Waals surface area contributed by atoms with Crippen LogP contribution in [0.15, 0.2) is 169 Å². The standard InChI is InChI=1S/C45H38ClN7O/c1-2-3-27-42-48-52(41-26-16-15-25-40(41)46)44(54)51(42)32-33-28-30-34(31-29-33)38-23-13-14-24-39(38)43-47-49-50-53(43)45(35-17-7-4-8-18-35,36-19-9-5-10-20-36)37-21-11-6-12-22-37/h4-26,28-31H,2-3,27,32H2,1H3. The summed E-state index contributed by atoms with van der Waals surface area (Å²) >= 11 is 6.49. The number of hydrogen-bond donors (Lipinski definition) is 0. The second kappa shape index (κ2) is 15.3. The van der Waals surface area contributed by atoms with Gasteiger partial charge in [-0.25, -0.2) is 9.48 Å². The van der Waals surface area contributed by atoms with Gasteiger partial charge in [0.25, 0.3) is 0 Å². The Bertz CT molecular complexity index is 2450. The third-order valence-electron chi connectivity index (χ3n) is 9.91. The topological polar surface area (TPSA) is 83.4 Å². The lowest BCUT2D eigenvalue weighted by atomic mass is 9.77. The van der Waals surface area contributed by atoms with Crippen LogP contribution in [0.4, 0.5) is 0 Å². The van der Waals surface area contributed by atoms with Crippen molar-refractivity contribution in [1.29, 1.82) is 0 Å². The van der Waals surface area contributed by atoms with Gasteiger partial charge in [-0.15, -0.1) is 10.2 Å². The van der Waals surface area contributed by atoms with Gasteiger partial charge in [-0.1, -0.05) is 177 Å². The SMILES string of the molecule is CCCCc1nn(-c2ccccc2Cl)c(=O)n1Cc1ccc(-c2ccccc2-c2nnnn2C(c2ccccc2)(c2ccccc2)c2ccccc2)cc1. The van der Waals surface area contributed by atoms with E-state index < -0.39 is 5.54 Å². The summed E-state index contributed by atoms with van der Waals surface area (Å²) in [6.45, 7) is 2.52. The predicted molar refractivity (Wildman–Crippen MR) is 214 cm³/mol. The van der Waals surface area contributed by atoms with E-state index in [1.54, 1.807) is 10.6 Å². The van der Waals surface area contributed by atoms with Crippen molar-refractivity contribution in [3.8, 4) is 28.2 Å². The number of unbranched alkanes of at least 4 members (excludes halogenated alkanes) is 1. The number of benzene rings is 6. The molecule has 0 atom stereocenters. The lowest BCUT2D eigenvalue weighted by molar-refractivity contribution is 0.451. The Morgan fingerprint density at radius 2 is 1.20 bits per heavy atom. The van der Waals surface area contributed by atoms with Crippen LogP contribution in [0.25, 0.3) is 28.2 Å². The molecule has 0 aliphatic carbocycles. The second-order valence-corrected chi connectivity index (χ2v) is 13.6. The van der Waals surface area contributed by atoms with E-state index in [2.05, 4.69) is 121 Å². The van der Waals surface area contributed by atoms with Gasteiger partial charge in [0, 0.05) is 12.0 Å². The van der Waals surface area contributed by atoms with Crippen LogP contribution in [-0.4, -0.2) is 34.6 Å². The van der Waals surface area contributed by atoms with Gasteiger partial charge in [-0.3, -0.25) is 4.57 Å². The van der Waals surface area contributed by atoms with E-state index in [1.165, 1.54) is 4.68 Å². The Balaban J connectivity index is 1.21. The van der Waals surface area contributed by atoms with Crippen LogP contribution in [0.5, 0.6) is 0 Å². The first kappa shape index (κ1) is 34.7. The van der Waals surface area contributed by atoms with E-state index in [4.69, 9.17) is 27.0 Å². The summed E-state index contributed by atoms with van der Waals surface area (Å²) in [5.41, 5.74) is 6.43. The normalized spacial score (nSPS) is 11.5. The summed E-state index contributed by atoms with van der Waals surface area (Å²) in [6.07, 6.45) is 2.61. The Morgan fingerprint density at radius 1 is 0.648 bits per heavy atom. The maximum Gasteiger partial charge on any atom is 0.351 e. The summed E-state index contributed by atoms with van der Waals surface area (Å²) in [6, 6.07) is 55.0. The number of aromatic nitrogens is 7. The molecular weight excluding hydrogens is 690 g/mol. The Kier molecular flexibility index (Phi) is 9.83. The van der Waals surface area contributed by atoms with Gasteiger partial charge in [-0.05, 0) is 62.4 Å². The van der Waals surface area contributed by atoms with Gasteiger partial charge in [0.2, 0.25) is 0 Å². The second-order valence-electron chi connectivity index (χ2n) is 13.2. The zero-order chi connectivity index (χ0) is 36.9. The maximum atomic E-state index is 13.8. The fraction of sp³-hybridized carbons (Fsp3) is 0.133. The van der Waals surface area contributed by atoms with Crippen molar-refractivity contribution in [1.82, 2.24) is 34.6 Å². The summed E-state index contributed by atoms with van der Waals surface area (Å²) in [5, 5.41) is 19.0. The zero-order valence-electron chi connectivity index (χ0n) is 29.8. The number of para-hydroxylation sites is 1. The summed E-state index contributed by atoms with van der Waals surface area (Å²) in [4.78, 5) is 13.8. The highest BCUT2D eigenvalue weighted by Crippen LogP contribution is 2.43. The molecule has 0 radical (unpaired) electrons. The van der Waals surface area contributed by atoms with Crippen molar-refractivity contribution in [2.24, 2.45) is 0 Å². The number of hydrogen-bond acceptors (Lipinski definition) is 5. The van der Waals surface area contributed by atoms with Crippen molar-refractivity contribution >= 4 is 11.6 Å². The van der Waals surface area contributed by atoms with Crippen molar-refractivity contribution in [3.63, 3.8) is 0 Å². The third-order valence-corrected chi connectivity index (χ3v) is 10.2. The van der Waals surface area contributed by atoms with Gasteiger partial charge < -0.3 is 0 Å². The first-order valence-electron chi connectivity index (χ1n) is 18.2. The fourth-order valence-electron chi connectivity index (χ4n) is 7.28. The van der Waals surface area contributed by atoms with Crippen molar-refractivity contribution in [2.75, 3.05) is 0 Å². The largest absolute Gasteiger partial charge is 0.351 e. The van der Waals surface area contributed by atoms with E-state index >= 15 is 0 Å². The highest BCUT2D eigenvalue weighted by atomic mass is 35.5. The number of nitrogens with zero attached hydrogens (tertiary/aromatic N) is 7. The molecule has 0 unspecified atom stereocenters. The average Bonchev–Trinajstić information content (AvgIpc) is 3.84. The quantitative estimate of drug-likeness (QED) is 0.117. The number of rotatable bonds is 12. The molecular formula is C45H38ClN7O. The molecule has 0 saturated heterocycles. The molecule has 0 bridgehead atoms. The van der Waals surface area contributed by atoms with E-state index in [-0.39, 0.29) is 5.69 Å². The molecule has 0 aliphatic heterocycles. The highest BCUT2D eigenvalue weighted by molar-refractivity contribution is 6.32. The van der Waals surface area contributed by atoms with E-state index in [0.29, 0.717) is 29.5 Å². The van der Waals surface area contributed by atoms with Crippen LogP contribution < -0.4 is 5.69 Å². The summed E-state index contributed by atoms with van der Waals surface area (Å²) < 4.78 is 5.13. The van der Waals surface area contributed by atoms with Crippen LogP contribution in [0.3, 0.4) is 0 Å². The molecule has 0 aliphatic rings. The minimum absolute atomic E-state index is 0.214. The molecule has 266 valence electrons. The lowest BCUT2D eigenvalue weighted by Crippen LogP contribution is -2.39. The van der Waals surface area contributed by atoms with Crippen LogP contribution in [0, 0.1) is 0 Å². The Hall–Kier alpha value is -6.38. The molecule has 0 N–H and O–H groups in total. The first-order chi connectivity index (χ1) is 26.6. The molecule has 0 fully saturated rings. The van der Waals surface area contributed by atoms with E-state index in [0.717, 1.165) is 57.6 Å². The molecule has 8 nitrogen and oxygen atoms in total. The zero-order valence-corrected chi connectivity index (χ0v) is 30.6. The van der Waals surface area contributed by atoms with E-state index in [1.807, 2.05) is 53.2 Å². The Labute approximate surface area is 319 Å². The number of tetrazole rings is 1. The van der Waals surface area contributed by atoms with Crippen molar-refractivity contribution < 1.29 is 0 Å². The molecule has 6 aromatic carbocycles. The first-order valence-corrected chi connectivity index (χ1v) is 18.5. The number of halogens is 1. The van der Waals surface area contributed by atoms with Crippen LogP contribution in [-0.2, 0) is 18.5 Å². The minimum atomic E-state index is -0.878. The third kappa shape index (κ3) is 6.35. The molecule has 8 aromatic rings. The highest BCUT2D eigenvalue weighted by Gasteiger charge is 2.42. The van der Waals surface area contributed by atoms with Crippen molar-refractivity contribution in [2.45, 2.75) is 38.3 Å². The predicted octanol–water partition coefficient (Wildman–Crippen LogP) is 9.24. The average molecular weight is 728 g/mol. The van der Waals surface area contributed by atoms with Crippen LogP contribution in [0.2, 0.25) is 5.02 Å². The lowest BCUT2D eigenvalue weighted by Gasteiger charge is -2.36. The smallest absolute Gasteiger partial charge is 0.274 e. The van der Waals surface area contributed by atoms with E-state index in [9.17, 15) is 4.79 Å². The molecule has 9 heteroatoms. The van der Waals surface area contributed by atoms with Crippen molar-refractivity contribution in [3.05, 3.63) is 207 Å². The summed E-state index contributed by atoms with van der Waals surface area (Å²) in [5.74, 6) is 1.37. The minimum Gasteiger partial charge on any atom is -0.274 e. The molecule has 0 saturated carbocycles. The molecule has 0 spiro atoms. The number of aryl methyl sites for hydroxylation is 1. The molecule has 0 amide bonds. The molecule has 54 heavy (non-hydrogen) atoms. The van der Waals surface area contributed by atoms with Crippen LogP contribution >= 0.6 is 11.6 Å².